The van der Waals surface area contributed by atoms with Gasteiger partial charge in [0.05, 0.1) is 10.8 Å². The molecular formula is C12H16N2O6S2. The Labute approximate surface area is 131 Å². The number of carboxylic acid groups (broad SMARTS) is 1. The Kier molecular flexibility index (Phi) is 4.43. The fraction of sp³-hybridized carbons (Fsp3) is 0.583. The zero-order valence-corrected chi connectivity index (χ0v) is 13.7. The molecule has 1 aliphatic rings. The lowest BCUT2D eigenvalue weighted by atomic mass is 9.90. The van der Waals surface area contributed by atoms with Crippen molar-refractivity contribution in [3.05, 3.63) is 16.2 Å². The van der Waals surface area contributed by atoms with Crippen molar-refractivity contribution in [1.29, 1.82) is 0 Å². The molecule has 0 aromatic carbocycles. The van der Waals surface area contributed by atoms with Crippen LogP contribution in [0.15, 0.2) is 10.3 Å². The summed E-state index contributed by atoms with van der Waals surface area (Å²) < 4.78 is 23.1. The quantitative estimate of drug-likeness (QED) is 0.648. The molecule has 1 aromatic rings. The zero-order chi connectivity index (χ0) is 16.7. The van der Waals surface area contributed by atoms with E-state index in [1.54, 1.807) is 4.90 Å². The molecule has 2 heterocycles. The number of carbonyl (C=O) groups is 1. The third-order valence-corrected chi connectivity index (χ3v) is 6.52. The summed E-state index contributed by atoms with van der Waals surface area (Å²) in [6.45, 7) is 2.48. The van der Waals surface area contributed by atoms with Crippen LogP contribution in [-0.4, -0.2) is 43.8 Å². The van der Waals surface area contributed by atoms with Crippen LogP contribution in [0.1, 0.15) is 13.3 Å². The molecule has 1 aromatic heterocycles. The fourth-order valence-corrected chi connectivity index (χ4v) is 4.63. The molecule has 0 bridgehead atoms. The number of hydrogen-bond acceptors (Lipinski definition) is 7. The van der Waals surface area contributed by atoms with E-state index in [2.05, 4.69) is 0 Å². The van der Waals surface area contributed by atoms with E-state index in [1.807, 2.05) is 6.92 Å². The molecule has 0 radical (unpaired) electrons. The van der Waals surface area contributed by atoms with Crippen molar-refractivity contribution in [2.45, 2.75) is 17.6 Å². The zero-order valence-electron chi connectivity index (χ0n) is 12.1. The second-order valence-electron chi connectivity index (χ2n) is 5.57. The van der Waals surface area contributed by atoms with Gasteiger partial charge in [0.15, 0.2) is 14.8 Å². The van der Waals surface area contributed by atoms with Crippen LogP contribution in [0.25, 0.3) is 0 Å². The summed E-state index contributed by atoms with van der Waals surface area (Å²) in [6.07, 6.45) is 1.50. The third-order valence-electron chi connectivity index (χ3n) is 3.53. The van der Waals surface area contributed by atoms with Crippen LogP contribution in [-0.2, 0) is 14.6 Å². The lowest BCUT2D eigenvalue weighted by Crippen LogP contribution is -2.42. The molecule has 122 valence electrons. The molecule has 2 unspecified atom stereocenters. The van der Waals surface area contributed by atoms with E-state index in [4.69, 9.17) is 0 Å². The number of nitro groups is 1. The van der Waals surface area contributed by atoms with Crippen molar-refractivity contribution >= 4 is 37.8 Å². The standard InChI is InChI=1S/C12H16N2O6S2/c1-7-3-8(12(15)16)6-13(5-7)11-9(14(17)18)4-10(21-11)22(2,19)20/h4,7-8H,3,5-6H2,1-2H3,(H,15,16). The number of piperidine rings is 1. The van der Waals surface area contributed by atoms with Crippen LogP contribution in [0, 0.1) is 22.0 Å². The third kappa shape index (κ3) is 3.38. The first-order chi connectivity index (χ1) is 10.1. The average Bonchev–Trinajstić information content (AvgIpc) is 2.82. The predicted octanol–water partition coefficient (Wildman–Crippen LogP) is 1.61. The summed E-state index contributed by atoms with van der Waals surface area (Å²) >= 11 is 0.820. The van der Waals surface area contributed by atoms with Crippen LogP contribution >= 0.6 is 11.3 Å². The molecule has 22 heavy (non-hydrogen) atoms. The Morgan fingerprint density at radius 3 is 2.64 bits per heavy atom. The number of anilines is 1. The molecule has 0 aliphatic carbocycles. The minimum atomic E-state index is -3.55. The Morgan fingerprint density at radius 2 is 2.14 bits per heavy atom. The molecule has 10 heteroatoms. The van der Waals surface area contributed by atoms with Gasteiger partial charge in [0.2, 0.25) is 0 Å². The normalized spacial score (nSPS) is 22.5. The number of sulfone groups is 1. The summed E-state index contributed by atoms with van der Waals surface area (Å²) in [5.41, 5.74) is -0.288. The number of nitrogens with zero attached hydrogens (tertiary/aromatic N) is 2. The van der Waals surface area contributed by atoms with E-state index in [9.17, 15) is 28.4 Å². The summed E-state index contributed by atoms with van der Waals surface area (Å²) in [6, 6.07) is 1.05. The van der Waals surface area contributed by atoms with Crippen molar-refractivity contribution in [2.75, 3.05) is 24.2 Å². The van der Waals surface area contributed by atoms with Crippen molar-refractivity contribution in [1.82, 2.24) is 0 Å². The second-order valence-corrected chi connectivity index (χ2v) is 8.84. The van der Waals surface area contributed by atoms with E-state index in [1.165, 1.54) is 0 Å². The van der Waals surface area contributed by atoms with Crippen molar-refractivity contribution in [2.24, 2.45) is 11.8 Å². The van der Waals surface area contributed by atoms with Crippen LogP contribution in [0.4, 0.5) is 10.7 Å². The SMILES string of the molecule is CC1CC(C(=O)O)CN(c2sc(S(C)(=O)=O)cc2[N+](=O)[O-])C1. The largest absolute Gasteiger partial charge is 0.481 e. The number of hydrogen-bond donors (Lipinski definition) is 1. The molecule has 0 amide bonds. The van der Waals surface area contributed by atoms with Gasteiger partial charge >= 0.3 is 11.7 Å². The monoisotopic (exact) mass is 348 g/mol. The second kappa shape index (κ2) is 5.84. The summed E-state index contributed by atoms with van der Waals surface area (Å²) in [4.78, 5) is 23.4. The molecule has 1 aliphatic heterocycles. The maximum atomic E-state index is 11.6. The maximum Gasteiger partial charge on any atom is 0.308 e. The minimum absolute atomic E-state index is 0.0539. The Bertz CT molecular complexity index is 711. The van der Waals surface area contributed by atoms with E-state index in [-0.39, 0.29) is 27.4 Å². The van der Waals surface area contributed by atoms with Crippen molar-refractivity contribution in [3.63, 3.8) is 0 Å². The smallest absolute Gasteiger partial charge is 0.308 e. The van der Waals surface area contributed by atoms with Crippen LogP contribution in [0.2, 0.25) is 0 Å². The molecule has 0 saturated carbocycles. The van der Waals surface area contributed by atoms with Gasteiger partial charge in [0, 0.05) is 25.4 Å². The first kappa shape index (κ1) is 16.7. The molecule has 0 spiro atoms. The van der Waals surface area contributed by atoms with Crippen LogP contribution in [0.5, 0.6) is 0 Å². The van der Waals surface area contributed by atoms with Gasteiger partial charge in [0.1, 0.15) is 4.21 Å². The van der Waals surface area contributed by atoms with Gasteiger partial charge in [-0.05, 0) is 12.3 Å². The number of carboxylic acids is 1. The van der Waals surface area contributed by atoms with Crippen LogP contribution in [0.3, 0.4) is 0 Å². The maximum absolute atomic E-state index is 11.6. The average molecular weight is 348 g/mol. The first-order valence-corrected chi connectivity index (χ1v) is 9.26. The number of thiophene rings is 1. The van der Waals surface area contributed by atoms with Crippen molar-refractivity contribution in [3.8, 4) is 0 Å². The summed E-state index contributed by atoms with van der Waals surface area (Å²) in [5, 5.41) is 20.6. The number of rotatable bonds is 4. The molecule has 2 rings (SSSR count). The molecule has 2 atom stereocenters. The van der Waals surface area contributed by atoms with Crippen LogP contribution < -0.4 is 4.90 Å². The lowest BCUT2D eigenvalue weighted by molar-refractivity contribution is -0.383. The van der Waals surface area contributed by atoms with Gasteiger partial charge in [-0.3, -0.25) is 14.9 Å². The summed E-state index contributed by atoms with van der Waals surface area (Å²) in [5.74, 6) is -1.51. The molecule has 1 saturated heterocycles. The Hall–Kier alpha value is -1.68. The van der Waals surface area contributed by atoms with Gasteiger partial charge < -0.3 is 10.0 Å². The molecule has 8 nitrogen and oxygen atoms in total. The molecule has 1 N–H and O–H groups in total. The van der Waals surface area contributed by atoms with E-state index in [0.717, 1.165) is 23.7 Å². The van der Waals surface area contributed by atoms with E-state index < -0.39 is 26.6 Å². The Balaban J connectivity index is 2.44. The minimum Gasteiger partial charge on any atom is -0.481 e. The first-order valence-electron chi connectivity index (χ1n) is 6.55. The fourth-order valence-electron chi connectivity index (χ4n) is 2.59. The highest BCUT2D eigenvalue weighted by Crippen LogP contribution is 2.41. The predicted molar refractivity (Wildman–Crippen MR) is 81.2 cm³/mol. The van der Waals surface area contributed by atoms with Crippen molar-refractivity contribution < 1.29 is 23.2 Å². The lowest BCUT2D eigenvalue weighted by Gasteiger charge is -2.34. The van der Waals surface area contributed by atoms with Gasteiger partial charge in [-0.1, -0.05) is 18.3 Å². The molecular weight excluding hydrogens is 332 g/mol. The highest BCUT2D eigenvalue weighted by molar-refractivity contribution is 7.92. The highest BCUT2D eigenvalue weighted by atomic mass is 32.2. The number of aliphatic carboxylic acids is 1. The molecule has 1 fully saturated rings. The topological polar surface area (TPSA) is 118 Å². The Morgan fingerprint density at radius 1 is 1.50 bits per heavy atom. The van der Waals surface area contributed by atoms with E-state index in [0.29, 0.717) is 13.0 Å². The van der Waals surface area contributed by atoms with Gasteiger partial charge in [-0.15, -0.1) is 0 Å². The highest BCUT2D eigenvalue weighted by Gasteiger charge is 2.34. The van der Waals surface area contributed by atoms with Gasteiger partial charge in [-0.25, -0.2) is 8.42 Å². The van der Waals surface area contributed by atoms with E-state index >= 15 is 0 Å². The summed E-state index contributed by atoms with van der Waals surface area (Å²) in [7, 11) is -3.55. The van der Waals surface area contributed by atoms with Gasteiger partial charge in [0.25, 0.3) is 0 Å². The van der Waals surface area contributed by atoms with Gasteiger partial charge in [-0.2, -0.15) is 0 Å².